The molecule has 1 atom stereocenters. The van der Waals surface area contributed by atoms with Crippen LogP contribution in [0.1, 0.15) is 25.0 Å². The van der Waals surface area contributed by atoms with Gasteiger partial charge in [0, 0.05) is 18.8 Å². The molecule has 1 saturated heterocycles. The topological polar surface area (TPSA) is 29.9 Å². The van der Waals surface area contributed by atoms with Crippen LogP contribution in [0.4, 0.5) is 0 Å². The summed E-state index contributed by atoms with van der Waals surface area (Å²) in [6, 6.07) is 2.18. The number of rotatable bonds is 2. The monoisotopic (exact) mass is 225 g/mol. The highest BCUT2D eigenvalue weighted by Crippen LogP contribution is 2.27. The number of aromatic nitrogens is 2. The molecule has 1 aliphatic heterocycles. The van der Waals surface area contributed by atoms with E-state index < -0.39 is 0 Å². The summed E-state index contributed by atoms with van der Waals surface area (Å²) in [5, 5.41) is 9.87. The molecule has 0 bridgehead atoms. The Hall–Kier alpha value is -0.480. The molecule has 0 spiro atoms. The van der Waals surface area contributed by atoms with E-state index in [-0.39, 0.29) is 0 Å². The van der Waals surface area contributed by atoms with Gasteiger partial charge < -0.3 is 5.32 Å². The quantitative estimate of drug-likeness (QED) is 0.834. The van der Waals surface area contributed by atoms with E-state index in [9.17, 15) is 0 Å². The van der Waals surface area contributed by atoms with E-state index in [1.54, 1.807) is 0 Å². The van der Waals surface area contributed by atoms with Crippen molar-refractivity contribution in [1.29, 1.82) is 0 Å². The van der Waals surface area contributed by atoms with Crippen LogP contribution in [0.25, 0.3) is 0 Å². The summed E-state index contributed by atoms with van der Waals surface area (Å²) < 4.78 is 1.99. The van der Waals surface area contributed by atoms with Crippen LogP contribution in [0, 0.1) is 6.92 Å². The first kappa shape index (κ1) is 11.0. The van der Waals surface area contributed by atoms with Crippen molar-refractivity contribution in [2.45, 2.75) is 36.5 Å². The molecule has 0 aromatic carbocycles. The Bertz CT molecular complexity index is 314. The van der Waals surface area contributed by atoms with Crippen molar-refractivity contribution in [3.8, 4) is 0 Å². The fraction of sp³-hybridized carbons (Fsp3) is 0.727. The third kappa shape index (κ3) is 2.98. The highest BCUT2D eigenvalue weighted by molar-refractivity contribution is 7.99. The zero-order valence-corrected chi connectivity index (χ0v) is 10.3. The fourth-order valence-electron chi connectivity index (χ4n) is 1.96. The fourth-order valence-corrected chi connectivity index (χ4v) is 3.21. The summed E-state index contributed by atoms with van der Waals surface area (Å²) >= 11 is 1.96. The van der Waals surface area contributed by atoms with Gasteiger partial charge in [-0.15, -0.1) is 11.8 Å². The first-order valence-corrected chi connectivity index (χ1v) is 6.51. The Balaban J connectivity index is 1.97. The summed E-state index contributed by atoms with van der Waals surface area (Å²) in [6.45, 7) is 4.37. The smallest absolute Gasteiger partial charge is 0.0942 e. The molecule has 1 unspecified atom stereocenters. The summed E-state index contributed by atoms with van der Waals surface area (Å²) in [6.07, 6.45) is 3.99. The van der Waals surface area contributed by atoms with Crippen LogP contribution in [0.15, 0.2) is 11.1 Å². The zero-order chi connectivity index (χ0) is 10.7. The summed E-state index contributed by atoms with van der Waals surface area (Å²) in [5.74, 6) is 0. The molecule has 15 heavy (non-hydrogen) atoms. The molecule has 2 rings (SSSR count). The Morgan fingerprint density at radius 1 is 1.53 bits per heavy atom. The summed E-state index contributed by atoms with van der Waals surface area (Å²) in [5.41, 5.74) is 1.11. The SMILES string of the molecule is Cc1cc(SC2CCCCNC2)n(C)n1. The molecule has 1 fully saturated rings. The minimum Gasteiger partial charge on any atom is -0.316 e. The molecule has 1 N–H and O–H groups in total. The minimum atomic E-state index is 0.710. The molecule has 0 amide bonds. The Morgan fingerprint density at radius 2 is 2.40 bits per heavy atom. The Labute approximate surface area is 95.6 Å². The van der Waals surface area contributed by atoms with Crippen LogP contribution < -0.4 is 5.32 Å². The maximum Gasteiger partial charge on any atom is 0.0942 e. The molecule has 1 aromatic rings. The average molecular weight is 225 g/mol. The van der Waals surface area contributed by atoms with Crippen molar-refractivity contribution in [3.05, 3.63) is 11.8 Å². The van der Waals surface area contributed by atoms with Crippen LogP contribution in [0.5, 0.6) is 0 Å². The highest BCUT2D eigenvalue weighted by Gasteiger charge is 2.15. The second-order valence-electron chi connectivity index (χ2n) is 4.19. The van der Waals surface area contributed by atoms with Gasteiger partial charge in [0.25, 0.3) is 0 Å². The zero-order valence-electron chi connectivity index (χ0n) is 9.49. The van der Waals surface area contributed by atoms with Gasteiger partial charge in [-0.05, 0) is 32.4 Å². The molecular formula is C11H19N3S. The first-order chi connectivity index (χ1) is 7.25. The number of thioether (sulfide) groups is 1. The van der Waals surface area contributed by atoms with Crippen molar-refractivity contribution in [2.75, 3.05) is 13.1 Å². The van der Waals surface area contributed by atoms with E-state index in [2.05, 4.69) is 23.4 Å². The Morgan fingerprint density at radius 3 is 3.13 bits per heavy atom. The first-order valence-electron chi connectivity index (χ1n) is 5.64. The van der Waals surface area contributed by atoms with Gasteiger partial charge in [0.05, 0.1) is 10.7 Å². The predicted octanol–water partition coefficient (Wildman–Crippen LogP) is 1.96. The van der Waals surface area contributed by atoms with Crippen molar-refractivity contribution in [3.63, 3.8) is 0 Å². The molecule has 3 nitrogen and oxygen atoms in total. The van der Waals surface area contributed by atoms with Crippen LogP contribution in [0.2, 0.25) is 0 Å². The van der Waals surface area contributed by atoms with Crippen LogP contribution >= 0.6 is 11.8 Å². The standard InChI is InChI=1S/C11H19N3S/c1-9-7-11(14(2)13-9)15-10-5-3-4-6-12-8-10/h7,10,12H,3-6,8H2,1-2H3. The maximum absolute atomic E-state index is 4.38. The third-order valence-corrected chi connectivity index (χ3v) is 4.11. The van der Waals surface area contributed by atoms with Crippen molar-refractivity contribution in [1.82, 2.24) is 15.1 Å². The van der Waals surface area contributed by atoms with Crippen molar-refractivity contribution >= 4 is 11.8 Å². The number of hydrogen-bond donors (Lipinski definition) is 1. The molecule has 0 saturated carbocycles. The predicted molar refractivity (Wildman–Crippen MR) is 64.3 cm³/mol. The maximum atomic E-state index is 4.38. The minimum absolute atomic E-state index is 0.710. The molecule has 1 aromatic heterocycles. The molecular weight excluding hydrogens is 206 g/mol. The second kappa shape index (κ2) is 5.03. The molecule has 4 heteroatoms. The van der Waals surface area contributed by atoms with Gasteiger partial charge in [-0.3, -0.25) is 4.68 Å². The lowest BCUT2D eigenvalue weighted by atomic mass is 10.2. The van der Waals surface area contributed by atoms with Gasteiger partial charge in [-0.25, -0.2) is 0 Å². The van der Waals surface area contributed by atoms with E-state index >= 15 is 0 Å². The number of nitrogens with zero attached hydrogens (tertiary/aromatic N) is 2. The lowest BCUT2D eigenvalue weighted by Gasteiger charge is -2.13. The molecule has 2 heterocycles. The van der Waals surface area contributed by atoms with E-state index in [1.807, 2.05) is 23.5 Å². The number of nitrogens with one attached hydrogen (secondary N) is 1. The Kier molecular flexibility index (Phi) is 3.70. The van der Waals surface area contributed by atoms with Gasteiger partial charge in [0.15, 0.2) is 0 Å². The lowest BCUT2D eigenvalue weighted by molar-refractivity contribution is 0.681. The number of aryl methyl sites for hydroxylation is 2. The van der Waals surface area contributed by atoms with Gasteiger partial charge >= 0.3 is 0 Å². The average Bonchev–Trinajstić information content (AvgIpc) is 2.44. The molecule has 1 aliphatic rings. The largest absolute Gasteiger partial charge is 0.316 e. The molecule has 0 radical (unpaired) electrons. The van der Waals surface area contributed by atoms with E-state index in [1.165, 1.54) is 30.8 Å². The van der Waals surface area contributed by atoms with Crippen LogP contribution in [-0.4, -0.2) is 28.1 Å². The van der Waals surface area contributed by atoms with Crippen molar-refractivity contribution in [2.24, 2.45) is 7.05 Å². The molecule has 0 aliphatic carbocycles. The van der Waals surface area contributed by atoms with Gasteiger partial charge in [0.2, 0.25) is 0 Å². The van der Waals surface area contributed by atoms with Crippen molar-refractivity contribution < 1.29 is 0 Å². The van der Waals surface area contributed by atoms with Gasteiger partial charge in [-0.1, -0.05) is 6.42 Å². The number of hydrogen-bond acceptors (Lipinski definition) is 3. The van der Waals surface area contributed by atoms with Crippen LogP contribution in [-0.2, 0) is 7.05 Å². The summed E-state index contributed by atoms with van der Waals surface area (Å²) in [7, 11) is 2.03. The normalized spacial score (nSPS) is 22.7. The van der Waals surface area contributed by atoms with Crippen LogP contribution in [0.3, 0.4) is 0 Å². The lowest BCUT2D eigenvalue weighted by Crippen LogP contribution is -2.22. The van der Waals surface area contributed by atoms with Gasteiger partial charge in [-0.2, -0.15) is 5.10 Å². The molecule has 84 valence electrons. The third-order valence-electron chi connectivity index (χ3n) is 2.75. The summed E-state index contributed by atoms with van der Waals surface area (Å²) in [4.78, 5) is 0. The van der Waals surface area contributed by atoms with E-state index in [4.69, 9.17) is 0 Å². The highest BCUT2D eigenvalue weighted by atomic mass is 32.2. The van der Waals surface area contributed by atoms with Gasteiger partial charge in [0.1, 0.15) is 0 Å². The van der Waals surface area contributed by atoms with E-state index in [0.29, 0.717) is 5.25 Å². The second-order valence-corrected chi connectivity index (χ2v) is 5.51. The van der Waals surface area contributed by atoms with E-state index in [0.717, 1.165) is 12.2 Å².